The molecule has 16 heavy (non-hydrogen) atoms. The summed E-state index contributed by atoms with van der Waals surface area (Å²) < 4.78 is 1.90. The largest absolute Gasteiger partial charge is 0.481 e. The minimum atomic E-state index is -0.820. The van der Waals surface area contributed by atoms with Crippen molar-refractivity contribution in [2.75, 3.05) is 0 Å². The number of aryl methyl sites for hydroxylation is 1. The van der Waals surface area contributed by atoms with Gasteiger partial charge in [-0.15, -0.1) is 0 Å². The van der Waals surface area contributed by atoms with Crippen LogP contribution in [-0.4, -0.2) is 15.6 Å². The highest BCUT2D eigenvalue weighted by Gasteiger charge is 2.15. The SMILES string of the molecule is CC(C(=O)O)c1ccc2c(Cl)cn(C)c2c1. The third kappa shape index (κ3) is 1.67. The number of fused-ring (bicyclic) bond motifs is 1. The van der Waals surface area contributed by atoms with Gasteiger partial charge >= 0.3 is 5.97 Å². The number of halogens is 1. The van der Waals surface area contributed by atoms with Crippen LogP contribution in [0.3, 0.4) is 0 Å². The molecule has 0 aliphatic heterocycles. The number of hydrogen-bond donors (Lipinski definition) is 1. The lowest BCUT2D eigenvalue weighted by atomic mass is 10.0. The van der Waals surface area contributed by atoms with Gasteiger partial charge in [-0.05, 0) is 18.6 Å². The van der Waals surface area contributed by atoms with Crippen LogP contribution in [0.5, 0.6) is 0 Å². The van der Waals surface area contributed by atoms with Crippen LogP contribution in [0.25, 0.3) is 10.9 Å². The molecule has 0 aliphatic carbocycles. The van der Waals surface area contributed by atoms with E-state index in [4.69, 9.17) is 16.7 Å². The van der Waals surface area contributed by atoms with Crippen molar-refractivity contribution in [2.45, 2.75) is 12.8 Å². The Kier molecular flexibility index (Phi) is 2.64. The van der Waals surface area contributed by atoms with Crippen LogP contribution < -0.4 is 0 Å². The Morgan fingerprint density at radius 3 is 2.81 bits per heavy atom. The lowest BCUT2D eigenvalue weighted by Crippen LogP contribution is -2.07. The molecular formula is C12H12ClNO2. The molecule has 4 heteroatoms. The van der Waals surface area contributed by atoms with Gasteiger partial charge in [0.15, 0.2) is 0 Å². The number of carboxylic acids is 1. The van der Waals surface area contributed by atoms with Crippen molar-refractivity contribution in [3.8, 4) is 0 Å². The number of nitrogens with zero attached hydrogens (tertiary/aromatic N) is 1. The van der Waals surface area contributed by atoms with Crippen LogP contribution in [0.15, 0.2) is 24.4 Å². The first-order valence-electron chi connectivity index (χ1n) is 4.98. The summed E-state index contributed by atoms with van der Waals surface area (Å²) in [5.74, 6) is -1.32. The Balaban J connectivity index is 2.60. The fourth-order valence-corrected chi connectivity index (χ4v) is 2.07. The molecule has 0 amide bonds. The van der Waals surface area contributed by atoms with Crippen LogP contribution in [0.4, 0.5) is 0 Å². The van der Waals surface area contributed by atoms with Gasteiger partial charge in [-0.1, -0.05) is 23.7 Å². The van der Waals surface area contributed by atoms with E-state index in [9.17, 15) is 4.79 Å². The van der Waals surface area contributed by atoms with Crippen molar-refractivity contribution < 1.29 is 9.90 Å². The quantitative estimate of drug-likeness (QED) is 0.873. The van der Waals surface area contributed by atoms with E-state index >= 15 is 0 Å². The maximum atomic E-state index is 10.9. The van der Waals surface area contributed by atoms with E-state index in [1.54, 1.807) is 6.92 Å². The lowest BCUT2D eigenvalue weighted by Gasteiger charge is -2.07. The minimum Gasteiger partial charge on any atom is -0.481 e. The van der Waals surface area contributed by atoms with E-state index in [2.05, 4.69) is 0 Å². The molecule has 0 bridgehead atoms. The smallest absolute Gasteiger partial charge is 0.310 e. The molecule has 1 heterocycles. The fourth-order valence-electron chi connectivity index (χ4n) is 1.76. The van der Waals surface area contributed by atoms with E-state index in [0.29, 0.717) is 5.02 Å². The van der Waals surface area contributed by atoms with Crippen LogP contribution in [0.1, 0.15) is 18.4 Å². The molecule has 3 nitrogen and oxygen atoms in total. The summed E-state index contributed by atoms with van der Waals surface area (Å²) in [6, 6.07) is 5.56. The molecule has 1 aromatic heterocycles. The van der Waals surface area contributed by atoms with Gasteiger partial charge in [0.25, 0.3) is 0 Å². The van der Waals surface area contributed by atoms with E-state index in [-0.39, 0.29) is 0 Å². The van der Waals surface area contributed by atoms with Gasteiger partial charge in [-0.3, -0.25) is 4.79 Å². The van der Waals surface area contributed by atoms with Crippen molar-refractivity contribution in [3.63, 3.8) is 0 Å². The summed E-state index contributed by atoms with van der Waals surface area (Å²) in [5, 5.41) is 10.6. The molecule has 0 spiro atoms. The molecule has 1 aromatic carbocycles. The van der Waals surface area contributed by atoms with Gasteiger partial charge in [0, 0.05) is 24.1 Å². The summed E-state index contributed by atoms with van der Waals surface area (Å²) in [6.07, 6.45) is 1.82. The Morgan fingerprint density at radius 1 is 1.50 bits per heavy atom. The lowest BCUT2D eigenvalue weighted by molar-refractivity contribution is -0.138. The number of aliphatic carboxylic acids is 1. The number of carbonyl (C=O) groups is 1. The first-order valence-corrected chi connectivity index (χ1v) is 5.36. The summed E-state index contributed by atoms with van der Waals surface area (Å²) in [6.45, 7) is 1.67. The van der Waals surface area contributed by atoms with Gasteiger partial charge < -0.3 is 9.67 Å². The van der Waals surface area contributed by atoms with Gasteiger partial charge in [0.05, 0.1) is 10.9 Å². The zero-order valence-corrected chi connectivity index (χ0v) is 9.82. The van der Waals surface area contributed by atoms with Gasteiger partial charge in [-0.2, -0.15) is 0 Å². The first kappa shape index (κ1) is 11.0. The van der Waals surface area contributed by atoms with E-state index in [1.807, 2.05) is 36.0 Å². The second-order valence-corrected chi connectivity index (χ2v) is 4.33. The average molecular weight is 238 g/mol. The summed E-state index contributed by atoms with van der Waals surface area (Å²) in [5.41, 5.74) is 1.74. The summed E-state index contributed by atoms with van der Waals surface area (Å²) in [7, 11) is 1.89. The van der Waals surface area contributed by atoms with Crippen molar-refractivity contribution in [3.05, 3.63) is 35.0 Å². The fraction of sp³-hybridized carbons (Fsp3) is 0.250. The normalized spacial score (nSPS) is 12.9. The zero-order valence-electron chi connectivity index (χ0n) is 9.07. The highest BCUT2D eigenvalue weighted by molar-refractivity contribution is 6.35. The molecule has 0 saturated heterocycles. The second-order valence-electron chi connectivity index (χ2n) is 3.92. The monoisotopic (exact) mass is 237 g/mol. The number of hydrogen-bond acceptors (Lipinski definition) is 1. The van der Waals surface area contributed by atoms with Crippen molar-refractivity contribution in [1.82, 2.24) is 4.57 Å². The third-order valence-corrected chi connectivity index (χ3v) is 3.14. The molecule has 1 N–H and O–H groups in total. The van der Waals surface area contributed by atoms with Crippen molar-refractivity contribution in [2.24, 2.45) is 7.05 Å². The maximum Gasteiger partial charge on any atom is 0.310 e. The predicted octanol–water partition coefficient (Wildman–Crippen LogP) is 3.02. The topological polar surface area (TPSA) is 42.2 Å². The highest BCUT2D eigenvalue weighted by atomic mass is 35.5. The zero-order chi connectivity index (χ0) is 11.9. The van der Waals surface area contributed by atoms with E-state index in [1.165, 1.54) is 0 Å². The summed E-state index contributed by atoms with van der Waals surface area (Å²) in [4.78, 5) is 10.9. The minimum absolute atomic E-state index is 0.502. The molecule has 84 valence electrons. The van der Waals surface area contributed by atoms with Crippen LogP contribution >= 0.6 is 11.6 Å². The Hall–Kier alpha value is -1.48. The van der Waals surface area contributed by atoms with E-state index in [0.717, 1.165) is 16.5 Å². The predicted molar refractivity (Wildman–Crippen MR) is 64.0 cm³/mol. The first-order chi connectivity index (χ1) is 7.50. The average Bonchev–Trinajstić information content (AvgIpc) is 2.53. The van der Waals surface area contributed by atoms with Crippen LogP contribution in [0.2, 0.25) is 5.02 Å². The van der Waals surface area contributed by atoms with Gasteiger partial charge in [0.1, 0.15) is 0 Å². The molecular weight excluding hydrogens is 226 g/mol. The molecule has 2 aromatic rings. The van der Waals surface area contributed by atoms with Gasteiger partial charge in [0.2, 0.25) is 0 Å². The Labute approximate surface area is 98.3 Å². The molecule has 1 atom stereocenters. The van der Waals surface area contributed by atoms with E-state index < -0.39 is 11.9 Å². The number of aromatic nitrogens is 1. The van der Waals surface area contributed by atoms with Crippen molar-refractivity contribution >= 4 is 28.5 Å². The molecule has 0 radical (unpaired) electrons. The van der Waals surface area contributed by atoms with Crippen LogP contribution in [0, 0.1) is 0 Å². The molecule has 2 rings (SSSR count). The molecule has 0 saturated carbocycles. The summed E-state index contributed by atoms with van der Waals surface area (Å²) >= 11 is 6.04. The van der Waals surface area contributed by atoms with Crippen LogP contribution in [-0.2, 0) is 11.8 Å². The Morgan fingerprint density at radius 2 is 2.19 bits per heavy atom. The van der Waals surface area contributed by atoms with Crippen molar-refractivity contribution in [1.29, 1.82) is 0 Å². The standard InChI is InChI=1S/C12H12ClNO2/c1-7(12(15)16)8-3-4-9-10(13)6-14(2)11(9)5-8/h3-7H,1-2H3,(H,15,16). The number of rotatable bonds is 2. The third-order valence-electron chi connectivity index (χ3n) is 2.84. The molecule has 0 aliphatic rings. The highest BCUT2D eigenvalue weighted by Crippen LogP contribution is 2.28. The Bertz CT molecular complexity index is 559. The second kappa shape index (κ2) is 3.83. The van der Waals surface area contributed by atoms with Gasteiger partial charge in [-0.25, -0.2) is 0 Å². The molecule has 1 unspecified atom stereocenters. The number of benzene rings is 1. The number of carboxylic acid groups (broad SMARTS) is 1. The maximum absolute atomic E-state index is 10.9. The molecule has 0 fully saturated rings.